The van der Waals surface area contributed by atoms with Crippen molar-refractivity contribution in [1.82, 2.24) is 14.9 Å². The van der Waals surface area contributed by atoms with Crippen LogP contribution in [0, 0.1) is 5.82 Å². The molecular weight excluding hydrogens is 223 g/mol. The van der Waals surface area contributed by atoms with Crippen LogP contribution in [0.2, 0.25) is 0 Å². The summed E-state index contributed by atoms with van der Waals surface area (Å²) >= 11 is 0. The molecule has 2 rings (SSSR count). The molecule has 5 nitrogen and oxygen atoms in total. The van der Waals surface area contributed by atoms with E-state index in [1.807, 2.05) is 4.90 Å². The highest BCUT2D eigenvalue weighted by atomic mass is 19.1. The Hall–Kier alpha value is -1.72. The van der Waals surface area contributed by atoms with E-state index >= 15 is 0 Å². The van der Waals surface area contributed by atoms with E-state index in [1.165, 1.54) is 0 Å². The number of nitrogens with one attached hydrogen (secondary N) is 1. The van der Waals surface area contributed by atoms with Crippen LogP contribution in [0.15, 0.2) is 12.4 Å². The van der Waals surface area contributed by atoms with Gasteiger partial charge in [-0.15, -0.1) is 0 Å². The molecule has 2 heterocycles. The summed E-state index contributed by atoms with van der Waals surface area (Å²) in [6.45, 7) is 2.21. The average molecular weight is 238 g/mol. The van der Waals surface area contributed by atoms with Crippen molar-refractivity contribution in [3.05, 3.63) is 18.2 Å². The summed E-state index contributed by atoms with van der Waals surface area (Å²) in [6.07, 6.45) is 4.80. The van der Waals surface area contributed by atoms with E-state index in [0.29, 0.717) is 18.9 Å². The van der Waals surface area contributed by atoms with Crippen molar-refractivity contribution in [3.8, 4) is 0 Å². The quantitative estimate of drug-likeness (QED) is 0.851. The summed E-state index contributed by atoms with van der Waals surface area (Å²) in [4.78, 5) is 21.0. The summed E-state index contributed by atoms with van der Waals surface area (Å²) in [5.41, 5.74) is 0. The Morgan fingerprint density at radius 1 is 1.35 bits per heavy atom. The fourth-order valence-electron chi connectivity index (χ4n) is 1.81. The summed E-state index contributed by atoms with van der Waals surface area (Å²) in [6, 6.07) is 0. The molecule has 1 aliphatic heterocycles. The van der Waals surface area contributed by atoms with Gasteiger partial charge in [0.2, 0.25) is 11.9 Å². The Labute approximate surface area is 99.1 Å². The fraction of sp³-hybridized carbons (Fsp3) is 0.545. The zero-order valence-electron chi connectivity index (χ0n) is 9.53. The van der Waals surface area contributed by atoms with E-state index in [4.69, 9.17) is 0 Å². The van der Waals surface area contributed by atoms with E-state index in [0.717, 1.165) is 38.3 Å². The van der Waals surface area contributed by atoms with Crippen molar-refractivity contribution >= 4 is 11.9 Å². The van der Waals surface area contributed by atoms with Gasteiger partial charge >= 0.3 is 0 Å². The van der Waals surface area contributed by atoms with Crippen LogP contribution in [-0.4, -0.2) is 40.4 Å². The molecule has 1 N–H and O–H groups in total. The number of halogens is 1. The number of carbonyl (C=O) groups excluding carboxylic acids is 1. The van der Waals surface area contributed by atoms with Crippen molar-refractivity contribution in [3.63, 3.8) is 0 Å². The molecule has 0 unspecified atom stereocenters. The molecule has 1 saturated heterocycles. The van der Waals surface area contributed by atoms with Crippen LogP contribution in [0.5, 0.6) is 0 Å². The maximum absolute atomic E-state index is 12.5. The molecule has 0 atom stereocenters. The second-order valence-corrected chi connectivity index (χ2v) is 3.99. The summed E-state index contributed by atoms with van der Waals surface area (Å²) in [7, 11) is 0. The van der Waals surface area contributed by atoms with Gasteiger partial charge < -0.3 is 10.2 Å². The maximum atomic E-state index is 12.5. The number of anilines is 1. The topological polar surface area (TPSA) is 58.1 Å². The number of hydrogen-bond donors (Lipinski definition) is 1. The highest BCUT2D eigenvalue weighted by molar-refractivity contribution is 5.76. The van der Waals surface area contributed by atoms with Crippen molar-refractivity contribution in [1.29, 1.82) is 0 Å². The van der Waals surface area contributed by atoms with Gasteiger partial charge in [-0.25, -0.2) is 14.4 Å². The van der Waals surface area contributed by atoms with E-state index in [2.05, 4.69) is 15.3 Å². The average Bonchev–Trinajstić information content (AvgIpc) is 2.85. The largest absolute Gasteiger partial charge is 0.354 e. The molecule has 1 aromatic heterocycles. The van der Waals surface area contributed by atoms with Gasteiger partial charge in [-0.1, -0.05) is 0 Å². The van der Waals surface area contributed by atoms with Crippen molar-refractivity contribution in [2.45, 2.75) is 19.3 Å². The molecule has 1 fully saturated rings. The van der Waals surface area contributed by atoms with Crippen LogP contribution in [-0.2, 0) is 4.79 Å². The zero-order valence-corrected chi connectivity index (χ0v) is 9.53. The first kappa shape index (κ1) is 11.8. The summed E-state index contributed by atoms with van der Waals surface area (Å²) in [5.74, 6) is 0.0291. The zero-order chi connectivity index (χ0) is 12.1. The van der Waals surface area contributed by atoms with Crippen LogP contribution < -0.4 is 5.32 Å². The monoisotopic (exact) mass is 238 g/mol. The third-order valence-corrected chi connectivity index (χ3v) is 2.70. The smallest absolute Gasteiger partial charge is 0.224 e. The summed E-state index contributed by atoms with van der Waals surface area (Å²) in [5, 5.41) is 2.89. The Kier molecular flexibility index (Phi) is 3.85. The van der Waals surface area contributed by atoms with Gasteiger partial charge in [-0.2, -0.15) is 0 Å². The molecule has 1 aromatic rings. The number of hydrogen-bond acceptors (Lipinski definition) is 4. The van der Waals surface area contributed by atoms with E-state index in [1.54, 1.807) is 0 Å². The number of likely N-dealkylation sites (tertiary alicyclic amines) is 1. The summed E-state index contributed by atoms with van der Waals surface area (Å²) < 4.78 is 12.5. The lowest BCUT2D eigenvalue weighted by atomic mass is 10.3. The molecule has 0 spiro atoms. The number of nitrogens with zero attached hydrogens (tertiary/aromatic N) is 3. The van der Waals surface area contributed by atoms with E-state index < -0.39 is 5.82 Å². The molecule has 0 saturated carbocycles. The lowest BCUT2D eigenvalue weighted by Crippen LogP contribution is -2.29. The first-order chi connectivity index (χ1) is 8.25. The minimum absolute atomic E-state index is 0.150. The van der Waals surface area contributed by atoms with Gasteiger partial charge in [-0.3, -0.25) is 4.79 Å². The number of carbonyl (C=O) groups is 1. The SMILES string of the molecule is O=C(CCNc1ncc(F)cn1)N1CCCC1. The second kappa shape index (κ2) is 5.56. The maximum Gasteiger partial charge on any atom is 0.224 e. The predicted octanol–water partition coefficient (Wildman–Crippen LogP) is 1.04. The fourth-order valence-corrected chi connectivity index (χ4v) is 1.81. The molecule has 0 aliphatic carbocycles. The highest BCUT2D eigenvalue weighted by Crippen LogP contribution is 2.08. The first-order valence-corrected chi connectivity index (χ1v) is 5.75. The molecule has 6 heteroatoms. The molecular formula is C11H15FN4O. The molecule has 0 aromatic carbocycles. The van der Waals surface area contributed by atoms with Crippen molar-refractivity contribution in [2.24, 2.45) is 0 Å². The minimum Gasteiger partial charge on any atom is -0.354 e. The molecule has 0 bridgehead atoms. The molecule has 17 heavy (non-hydrogen) atoms. The van der Waals surface area contributed by atoms with Gasteiger partial charge in [0.1, 0.15) is 0 Å². The van der Waals surface area contributed by atoms with Gasteiger partial charge in [0.15, 0.2) is 5.82 Å². The highest BCUT2D eigenvalue weighted by Gasteiger charge is 2.16. The minimum atomic E-state index is -0.469. The van der Waals surface area contributed by atoms with Crippen LogP contribution in [0.3, 0.4) is 0 Å². The standard InChI is InChI=1S/C11H15FN4O/c12-9-7-14-11(15-8-9)13-4-3-10(17)16-5-1-2-6-16/h7-8H,1-6H2,(H,13,14,15). The Bertz CT molecular complexity index is 376. The molecule has 0 radical (unpaired) electrons. The lowest BCUT2D eigenvalue weighted by molar-refractivity contribution is -0.129. The number of aromatic nitrogens is 2. The Morgan fingerprint density at radius 3 is 2.65 bits per heavy atom. The van der Waals surface area contributed by atoms with E-state index in [9.17, 15) is 9.18 Å². The molecule has 1 aliphatic rings. The second-order valence-electron chi connectivity index (χ2n) is 3.99. The van der Waals surface area contributed by atoms with Gasteiger partial charge in [0, 0.05) is 26.1 Å². The molecule has 92 valence electrons. The number of amides is 1. The van der Waals surface area contributed by atoms with Crippen LogP contribution in [0.4, 0.5) is 10.3 Å². The Morgan fingerprint density at radius 2 is 2.00 bits per heavy atom. The van der Waals surface area contributed by atoms with Crippen molar-refractivity contribution < 1.29 is 9.18 Å². The third kappa shape index (κ3) is 3.37. The predicted molar refractivity (Wildman–Crippen MR) is 60.9 cm³/mol. The van der Waals surface area contributed by atoms with Crippen molar-refractivity contribution in [2.75, 3.05) is 25.0 Å². The van der Waals surface area contributed by atoms with Crippen LogP contribution >= 0.6 is 0 Å². The number of rotatable bonds is 4. The van der Waals surface area contributed by atoms with Crippen LogP contribution in [0.25, 0.3) is 0 Å². The lowest BCUT2D eigenvalue weighted by Gasteiger charge is -2.14. The normalized spacial score (nSPS) is 15.0. The van der Waals surface area contributed by atoms with E-state index in [-0.39, 0.29) is 5.91 Å². The third-order valence-electron chi connectivity index (χ3n) is 2.70. The van der Waals surface area contributed by atoms with Gasteiger partial charge in [0.05, 0.1) is 12.4 Å². The van der Waals surface area contributed by atoms with Crippen LogP contribution in [0.1, 0.15) is 19.3 Å². The van der Waals surface area contributed by atoms with Gasteiger partial charge in [0.25, 0.3) is 0 Å². The first-order valence-electron chi connectivity index (χ1n) is 5.75. The Balaban J connectivity index is 1.72. The molecule has 1 amide bonds. The van der Waals surface area contributed by atoms with Gasteiger partial charge in [-0.05, 0) is 12.8 Å².